The van der Waals surface area contributed by atoms with E-state index in [4.69, 9.17) is 0 Å². The standard InChI is InChI=1S/C13H16BrN3O3/c14-12-2-1-10(17(19)20)7-11(12)13(18)16-8-9-3-5-15-6-4-9/h1-2,7,9,15H,3-6,8H2,(H,16,18). The highest BCUT2D eigenvalue weighted by Gasteiger charge is 2.18. The first-order valence-corrected chi connectivity index (χ1v) is 7.30. The van der Waals surface area contributed by atoms with Crippen LogP contribution in [0.2, 0.25) is 0 Å². The van der Waals surface area contributed by atoms with Crippen molar-refractivity contribution in [2.75, 3.05) is 19.6 Å². The summed E-state index contributed by atoms with van der Waals surface area (Å²) in [6.45, 7) is 2.55. The van der Waals surface area contributed by atoms with Gasteiger partial charge in [0.1, 0.15) is 0 Å². The van der Waals surface area contributed by atoms with E-state index < -0.39 is 4.92 Å². The van der Waals surface area contributed by atoms with Gasteiger partial charge in [0.15, 0.2) is 0 Å². The summed E-state index contributed by atoms with van der Waals surface area (Å²) in [7, 11) is 0. The van der Waals surface area contributed by atoms with E-state index in [-0.39, 0.29) is 11.6 Å². The molecule has 7 heteroatoms. The molecule has 0 aromatic heterocycles. The molecular weight excluding hydrogens is 326 g/mol. The normalized spacial score (nSPS) is 15.8. The summed E-state index contributed by atoms with van der Waals surface area (Å²) in [5.41, 5.74) is 0.216. The van der Waals surface area contributed by atoms with E-state index in [1.165, 1.54) is 18.2 Å². The van der Waals surface area contributed by atoms with Crippen LogP contribution in [0, 0.1) is 16.0 Å². The number of amides is 1. The quantitative estimate of drug-likeness (QED) is 0.648. The van der Waals surface area contributed by atoms with Crippen LogP contribution in [-0.2, 0) is 0 Å². The lowest BCUT2D eigenvalue weighted by molar-refractivity contribution is -0.384. The number of carbonyl (C=O) groups excluding carboxylic acids is 1. The molecule has 2 rings (SSSR count). The lowest BCUT2D eigenvalue weighted by Gasteiger charge is -2.22. The number of non-ortho nitro benzene ring substituents is 1. The Hall–Kier alpha value is -1.47. The summed E-state index contributed by atoms with van der Waals surface area (Å²) < 4.78 is 0.561. The third-order valence-electron chi connectivity index (χ3n) is 3.42. The van der Waals surface area contributed by atoms with Crippen LogP contribution in [0.1, 0.15) is 23.2 Å². The molecule has 0 atom stereocenters. The minimum Gasteiger partial charge on any atom is -0.352 e. The minimum absolute atomic E-state index is 0.0831. The van der Waals surface area contributed by atoms with Gasteiger partial charge in [-0.3, -0.25) is 14.9 Å². The van der Waals surface area contributed by atoms with Crippen LogP contribution in [-0.4, -0.2) is 30.5 Å². The highest BCUT2D eigenvalue weighted by atomic mass is 79.9. The molecule has 1 heterocycles. The van der Waals surface area contributed by atoms with Gasteiger partial charge in [-0.05, 0) is 53.8 Å². The molecule has 0 aliphatic carbocycles. The van der Waals surface area contributed by atoms with Crippen LogP contribution in [0.4, 0.5) is 5.69 Å². The number of nitrogens with one attached hydrogen (secondary N) is 2. The fourth-order valence-corrected chi connectivity index (χ4v) is 2.65. The Morgan fingerprint density at radius 2 is 2.15 bits per heavy atom. The van der Waals surface area contributed by atoms with Gasteiger partial charge < -0.3 is 10.6 Å². The van der Waals surface area contributed by atoms with Crippen LogP contribution in [0.3, 0.4) is 0 Å². The van der Waals surface area contributed by atoms with Crippen LogP contribution < -0.4 is 10.6 Å². The second-order valence-corrected chi connectivity index (χ2v) is 5.68. The van der Waals surface area contributed by atoms with Crippen LogP contribution in [0.25, 0.3) is 0 Å². The second kappa shape index (κ2) is 6.81. The van der Waals surface area contributed by atoms with Crippen molar-refractivity contribution in [3.05, 3.63) is 38.3 Å². The van der Waals surface area contributed by atoms with Crippen molar-refractivity contribution in [1.29, 1.82) is 0 Å². The van der Waals surface area contributed by atoms with Gasteiger partial charge in [0, 0.05) is 23.2 Å². The Kier molecular flexibility index (Phi) is 5.08. The maximum atomic E-state index is 12.1. The van der Waals surface area contributed by atoms with Crippen molar-refractivity contribution in [2.45, 2.75) is 12.8 Å². The van der Waals surface area contributed by atoms with Crippen LogP contribution in [0.15, 0.2) is 22.7 Å². The molecule has 1 aliphatic rings. The number of benzene rings is 1. The molecule has 1 aromatic carbocycles. The van der Waals surface area contributed by atoms with Gasteiger partial charge in [-0.25, -0.2) is 0 Å². The minimum atomic E-state index is -0.504. The highest BCUT2D eigenvalue weighted by molar-refractivity contribution is 9.10. The van der Waals surface area contributed by atoms with Crippen LogP contribution in [0.5, 0.6) is 0 Å². The van der Waals surface area contributed by atoms with Gasteiger partial charge in [0.25, 0.3) is 11.6 Å². The number of nitrogens with zero attached hydrogens (tertiary/aromatic N) is 1. The van der Waals surface area contributed by atoms with E-state index in [1.54, 1.807) is 0 Å². The summed E-state index contributed by atoms with van der Waals surface area (Å²) in [5, 5.41) is 16.9. The fourth-order valence-electron chi connectivity index (χ4n) is 2.22. The van der Waals surface area contributed by atoms with Crippen molar-refractivity contribution >= 4 is 27.5 Å². The number of nitro groups is 1. The zero-order valence-corrected chi connectivity index (χ0v) is 12.5. The lowest BCUT2D eigenvalue weighted by Crippen LogP contribution is -2.36. The molecule has 108 valence electrons. The average molecular weight is 342 g/mol. The smallest absolute Gasteiger partial charge is 0.270 e. The number of hydrogen-bond acceptors (Lipinski definition) is 4. The molecule has 0 saturated carbocycles. The third kappa shape index (κ3) is 3.77. The fraction of sp³-hybridized carbons (Fsp3) is 0.462. The number of halogens is 1. The highest BCUT2D eigenvalue weighted by Crippen LogP contribution is 2.22. The van der Waals surface area contributed by atoms with E-state index in [1.807, 2.05) is 0 Å². The van der Waals surface area contributed by atoms with Gasteiger partial charge in [-0.1, -0.05) is 0 Å². The van der Waals surface area contributed by atoms with Gasteiger partial charge in [0.2, 0.25) is 0 Å². The molecular formula is C13H16BrN3O3. The van der Waals surface area contributed by atoms with Crippen molar-refractivity contribution in [1.82, 2.24) is 10.6 Å². The number of carbonyl (C=O) groups is 1. The molecule has 0 unspecified atom stereocenters. The van der Waals surface area contributed by atoms with Gasteiger partial charge in [0.05, 0.1) is 10.5 Å². The number of nitro benzene ring substituents is 1. The molecule has 1 amide bonds. The number of rotatable bonds is 4. The summed E-state index contributed by atoms with van der Waals surface area (Å²) in [5.74, 6) is 0.191. The maximum absolute atomic E-state index is 12.1. The second-order valence-electron chi connectivity index (χ2n) is 4.82. The summed E-state index contributed by atoms with van der Waals surface area (Å²) in [4.78, 5) is 22.3. The first-order valence-electron chi connectivity index (χ1n) is 6.51. The maximum Gasteiger partial charge on any atom is 0.270 e. The van der Waals surface area contributed by atoms with Gasteiger partial charge in [-0.2, -0.15) is 0 Å². The van der Waals surface area contributed by atoms with Crippen molar-refractivity contribution in [3.63, 3.8) is 0 Å². The number of hydrogen-bond donors (Lipinski definition) is 2. The largest absolute Gasteiger partial charge is 0.352 e. The predicted molar refractivity (Wildman–Crippen MR) is 78.7 cm³/mol. The van der Waals surface area contributed by atoms with E-state index in [9.17, 15) is 14.9 Å². The molecule has 2 N–H and O–H groups in total. The third-order valence-corrected chi connectivity index (χ3v) is 4.11. The molecule has 0 spiro atoms. The Bertz CT molecular complexity index is 516. The number of piperidine rings is 1. The van der Waals surface area contributed by atoms with E-state index in [0.29, 0.717) is 22.5 Å². The lowest BCUT2D eigenvalue weighted by atomic mass is 9.98. The molecule has 1 aliphatic heterocycles. The molecule has 20 heavy (non-hydrogen) atoms. The Labute approximate surface area is 125 Å². The average Bonchev–Trinajstić information content (AvgIpc) is 2.46. The van der Waals surface area contributed by atoms with Gasteiger partial charge in [-0.15, -0.1) is 0 Å². The molecule has 0 radical (unpaired) electrons. The Balaban J connectivity index is 2.00. The van der Waals surface area contributed by atoms with E-state index in [0.717, 1.165) is 25.9 Å². The molecule has 6 nitrogen and oxygen atoms in total. The molecule has 1 aromatic rings. The Morgan fingerprint density at radius 3 is 2.80 bits per heavy atom. The monoisotopic (exact) mass is 341 g/mol. The Morgan fingerprint density at radius 1 is 1.45 bits per heavy atom. The molecule has 1 saturated heterocycles. The topological polar surface area (TPSA) is 84.3 Å². The zero-order chi connectivity index (χ0) is 14.5. The summed E-state index contributed by atoms with van der Waals surface area (Å²) in [6.07, 6.45) is 2.08. The van der Waals surface area contributed by atoms with Crippen molar-refractivity contribution in [3.8, 4) is 0 Å². The first-order chi connectivity index (χ1) is 9.58. The van der Waals surface area contributed by atoms with Crippen LogP contribution >= 0.6 is 15.9 Å². The van der Waals surface area contributed by atoms with Crippen molar-refractivity contribution < 1.29 is 9.72 Å². The van der Waals surface area contributed by atoms with E-state index in [2.05, 4.69) is 26.6 Å². The molecule has 0 bridgehead atoms. The van der Waals surface area contributed by atoms with Gasteiger partial charge >= 0.3 is 0 Å². The zero-order valence-electron chi connectivity index (χ0n) is 10.9. The van der Waals surface area contributed by atoms with Crippen molar-refractivity contribution in [2.24, 2.45) is 5.92 Å². The summed E-state index contributed by atoms with van der Waals surface area (Å²) in [6, 6.07) is 4.19. The summed E-state index contributed by atoms with van der Waals surface area (Å²) >= 11 is 3.25. The first kappa shape index (κ1) is 14.9. The van der Waals surface area contributed by atoms with E-state index >= 15 is 0 Å². The molecule has 1 fully saturated rings. The SMILES string of the molecule is O=C(NCC1CCNCC1)c1cc([N+](=O)[O-])ccc1Br. The predicted octanol–water partition coefficient (Wildman–Crippen LogP) is 2.09.